The Balaban J connectivity index is 0.000000236. The molecule has 0 unspecified atom stereocenters. The number of hydrogen-bond acceptors (Lipinski definition) is 5. The molecule has 7 heteroatoms. The molecule has 0 radical (unpaired) electrons. The van der Waals surface area contributed by atoms with Crippen LogP contribution in [0.4, 0.5) is 5.69 Å². The van der Waals surface area contributed by atoms with Gasteiger partial charge >= 0.3 is 0 Å². The zero-order valence-electron chi connectivity index (χ0n) is 13.7. The third-order valence-electron chi connectivity index (χ3n) is 3.36. The fraction of sp³-hybridized carbons (Fsp3) is 0.500. The van der Waals surface area contributed by atoms with Crippen LogP contribution in [-0.4, -0.2) is 48.2 Å². The minimum absolute atomic E-state index is 0.318. The highest BCUT2D eigenvalue weighted by molar-refractivity contribution is 6.35. The molecule has 0 saturated carbocycles. The largest absolute Gasteiger partial charge is 0.462 e. The molecule has 23 heavy (non-hydrogen) atoms. The van der Waals surface area contributed by atoms with Gasteiger partial charge in [-0.05, 0) is 26.8 Å². The van der Waals surface area contributed by atoms with Crippen molar-refractivity contribution in [3.05, 3.63) is 23.5 Å². The van der Waals surface area contributed by atoms with E-state index in [9.17, 15) is 4.79 Å². The average molecular weight is 339 g/mol. The minimum atomic E-state index is -0.318. The number of anilines is 1. The van der Waals surface area contributed by atoms with E-state index in [1.165, 1.54) is 0 Å². The minimum Gasteiger partial charge on any atom is -0.462 e. The van der Waals surface area contributed by atoms with Gasteiger partial charge in [-0.1, -0.05) is 11.6 Å². The van der Waals surface area contributed by atoms with Crippen molar-refractivity contribution in [2.45, 2.75) is 26.4 Å². The van der Waals surface area contributed by atoms with Crippen LogP contribution in [0.1, 0.15) is 20.8 Å². The lowest BCUT2D eigenvalue weighted by Gasteiger charge is -2.28. The van der Waals surface area contributed by atoms with Crippen LogP contribution in [0.5, 0.6) is 0 Å². The average Bonchev–Trinajstić information content (AvgIpc) is 2.93. The van der Waals surface area contributed by atoms with E-state index in [0.29, 0.717) is 6.47 Å². The molecule has 0 aliphatic carbocycles. The standard InChI is InChI=1S/C11H13ClN4.C5H10O2/c12-8-1-2-14-11-9(7-15-10(8)11)16-5-3-13-4-6-16;1-5(2,3)7-4-6/h1-2,7,13,15H,3-6H2;4H,1-3H3. The maximum absolute atomic E-state index is 9.60. The van der Waals surface area contributed by atoms with Crippen molar-refractivity contribution in [1.82, 2.24) is 15.3 Å². The third kappa shape index (κ3) is 4.84. The van der Waals surface area contributed by atoms with E-state index >= 15 is 0 Å². The Kier molecular flexibility index (Phi) is 5.85. The third-order valence-corrected chi connectivity index (χ3v) is 3.67. The van der Waals surface area contributed by atoms with E-state index in [1.807, 2.05) is 33.0 Å². The monoisotopic (exact) mass is 338 g/mol. The predicted molar refractivity (Wildman–Crippen MR) is 93.1 cm³/mol. The Hall–Kier alpha value is -1.79. The van der Waals surface area contributed by atoms with Crippen molar-refractivity contribution in [1.29, 1.82) is 0 Å². The van der Waals surface area contributed by atoms with Crippen LogP contribution in [-0.2, 0) is 9.53 Å². The Morgan fingerprint density at radius 1 is 1.35 bits per heavy atom. The maximum atomic E-state index is 9.60. The second-order valence-corrected chi connectivity index (χ2v) is 6.66. The zero-order chi connectivity index (χ0) is 16.9. The lowest BCUT2D eigenvalue weighted by molar-refractivity contribution is -0.138. The fourth-order valence-corrected chi connectivity index (χ4v) is 2.47. The number of hydrogen-bond donors (Lipinski definition) is 2. The van der Waals surface area contributed by atoms with Gasteiger partial charge in [-0.2, -0.15) is 0 Å². The molecule has 1 saturated heterocycles. The second-order valence-electron chi connectivity index (χ2n) is 6.25. The number of nitrogens with zero attached hydrogens (tertiary/aromatic N) is 2. The van der Waals surface area contributed by atoms with Crippen molar-refractivity contribution in [3.63, 3.8) is 0 Å². The second kappa shape index (κ2) is 7.66. The van der Waals surface area contributed by atoms with Crippen molar-refractivity contribution < 1.29 is 9.53 Å². The molecule has 3 rings (SSSR count). The van der Waals surface area contributed by atoms with Gasteiger partial charge in [0.15, 0.2) is 0 Å². The molecule has 2 N–H and O–H groups in total. The molecule has 1 aliphatic rings. The molecule has 3 heterocycles. The summed E-state index contributed by atoms with van der Waals surface area (Å²) in [5.74, 6) is 0. The number of carbonyl (C=O) groups is 1. The molecule has 1 fully saturated rings. The summed E-state index contributed by atoms with van der Waals surface area (Å²) in [7, 11) is 0. The van der Waals surface area contributed by atoms with E-state index in [4.69, 9.17) is 11.6 Å². The number of H-pyrrole nitrogens is 1. The number of halogens is 1. The summed E-state index contributed by atoms with van der Waals surface area (Å²) in [5.41, 5.74) is 2.73. The molecule has 1 aliphatic heterocycles. The smallest absolute Gasteiger partial charge is 0.293 e. The van der Waals surface area contributed by atoms with Crippen LogP contribution in [0.25, 0.3) is 11.0 Å². The first-order valence-corrected chi connectivity index (χ1v) is 7.99. The number of piperazine rings is 1. The van der Waals surface area contributed by atoms with E-state index < -0.39 is 0 Å². The highest BCUT2D eigenvalue weighted by Gasteiger charge is 2.16. The Morgan fingerprint density at radius 3 is 2.61 bits per heavy atom. The van der Waals surface area contributed by atoms with E-state index in [1.54, 1.807) is 6.20 Å². The molecular weight excluding hydrogens is 316 g/mol. The SMILES string of the molecule is CC(C)(C)OC=O.Clc1ccnc2c(N3CCNCC3)c[nH]c12. The zero-order valence-corrected chi connectivity index (χ0v) is 14.5. The molecule has 0 spiro atoms. The van der Waals surface area contributed by atoms with E-state index in [0.717, 1.165) is 47.9 Å². The topological polar surface area (TPSA) is 70.2 Å². The molecule has 126 valence electrons. The Bertz CT molecular complexity index is 645. The lowest BCUT2D eigenvalue weighted by atomic mass is 10.2. The number of nitrogens with one attached hydrogen (secondary N) is 2. The molecule has 0 amide bonds. The molecule has 0 aromatic carbocycles. The molecule has 0 atom stereocenters. The summed E-state index contributed by atoms with van der Waals surface area (Å²) in [4.78, 5) is 19.5. The Morgan fingerprint density at radius 2 is 2.04 bits per heavy atom. The van der Waals surface area contributed by atoms with Crippen molar-refractivity contribution >= 4 is 34.8 Å². The summed E-state index contributed by atoms with van der Waals surface area (Å²) < 4.78 is 4.55. The van der Waals surface area contributed by atoms with Gasteiger partial charge < -0.3 is 19.9 Å². The van der Waals surface area contributed by atoms with Gasteiger partial charge in [-0.15, -0.1) is 0 Å². The number of carbonyl (C=O) groups excluding carboxylic acids is 1. The summed E-state index contributed by atoms with van der Waals surface area (Å²) in [6.45, 7) is 9.99. The molecule has 6 nitrogen and oxygen atoms in total. The van der Waals surface area contributed by atoms with Crippen LogP contribution < -0.4 is 10.2 Å². The van der Waals surface area contributed by atoms with Crippen molar-refractivity contribution in [2.24, 2.45) is 0 Å². The van der Waals surface area contributed by atoms with Crippen LogP contribution in [0, 0.1) is 0 Å². The summed E-state index contributed by atoms with van der Waals surface area (Å²) in [6.07, 6.45) is 3.75. The first-order chi connectivity index (χ1) is 10.9. The maximum Gasteiger partial charge on any atom is 0.293 e. The first kappa shape index (κ1) is 17.6. The quantitative estimate of drug-likeness (QED) is 0.824. The van der Waals surface area contributed by atoms with Crippen LogP contribution >= 0.6 is 11.6 Å². The Labute approximate surface area is 141 Å². The van der Waals surface area contributed by atoms with Gasteiger partial charge in [0.1, 0.15) is 11.1 Å². The van der Waals surface area contributed by atoms with Gasteiger partial charge in [-0.25, -0.2) is 0 Å². The van der Waals surface area contributed by atoms with Gasteiger partial charge in [0.2, 0.25) is 0 Å². The highest BCUT2D eigenvalue weighted by atomic mass is 35.5. The number of aromatic nitrogens is 2. The van der Waals surface area contributed by atoms with Crippen LogP contribution in [0.15, 0.2) is 18.5 Å². The normalized spacial score (nSPS) is 15.0. The summed E-state index contributed by atoms with van der Waals surface area (Å²) >= 11 is 6.11. The molecular formula is C16H23ClN4O2. The summed E-state index contributed by atoms with van der Waals surface area (Å²) in [6, 6.07) is 1.81. The van der Waals surface area contributed by atoms with E-state index in [-0.39, 0.29) is 5.60 Å². The van der Waals surface area contributed by atoms with Gasteiger partial charge in [0.25, 0.3) is 6.47 Å². The fourth-order valence-electron chi connectivity index (χ4n) is 2.27. The molecule has 2 aromatic heterocycles. The molecule has 0 bridgehead atoms. The van der Waals surface area contributed by atoms with Gasteiger partial charge in [-0.3, -0.25) is 9.78 Å². The van der Waals surface area contributed by atoms with Crippen molar-refractivity contribution in [2.75, 3.05) is 31.1 Å². The highest BCUT2D eigenvalue weighted by Crippen LogP contribution is 2.29. The lowest BCUT2D eigenvalue weighted by Crippen LogP contribution is -2.43. The van der Waals surface area contributed by atoms with Crippen molar-refractivity contribution in [3.8, 4) is 0 Å². The number of ether oxygens (including phenoxy) is 1. The number of rotatable bonds is 2. The van der Waals surface area contributed by atoms with Gasteiger partial charge in [0, 0.05) is 38.6 Å². The number of pyridine rings is 1. The van der Waals surface area contributed by atoms with Gasteiger partial charge in [0.05, 0.1) is 16.2 Å². The first-order valence-electron chi connectivity index (χ1n) is 7.61. The number of aromatic amines is 1. The van der Waals surface area contributed by atoms with E-state index in [2.05, 4.69) is 24.9 Å². The predicted octanol–water partition coefficient (Wildman–Crippen LogP) is 2.58. The van der Waals surface area contributed by atoms with Crippen LogP contribution in [0.3, 0.4) is 0 Å². The molecule has 2 aromatic rings. The van der Waals surface area contributed by atoms with Crippen LogP contribution in [0.2, 0.25) is 5.02 Å². The summed E-state index contributed by atoms with van der Waals surface area (Å²) in [5, 5.41) is 4.07. The number of fused-ring (bicyclic) bond motifs is 1.